The van der Waals surface area contributed by atoms with Gasteiger partial charge in [0, 0.05) is 13.1 Å². The van der Waals surface area contributed by atoms with E-state index in [1.165, 1.54) is 18.2 Å². The monoisotopic (exact) mass is 338 g/mol. The highest BCUT2D eigenvalue weighted by molar-refractivity contribution is 5.85. The molecule has 2 N–H and O–H groups in total. The topological polar surface area (TPSA) is 50.4 Å². The van der Waals surface area contributed by atoms with E-state index in [-0.39, 0.29) is 42.6 Å². The van der Waals surface area contributed by atoms with E-state index in [0.29, 0.717) is 13.1 Å². The summed E-state index contributed by atoms with van der Waals surface area (Å²) in [7, 11) is 0. The van der Waals surface area contributed by atoms with Crippen LogP contribution in [-0.2, 0) is 11.0 Å². The first-order valence-corrected chi connectivity index (χ1v) is 6.68. The van der Waals surface area contributed by atoms with Crippen LogP contribution in [-0.4, -0.2) is 31.6 Å². The van der Waals surface area contributed by atoms with Crippen LogP contribution in [0.15, 0.2) is 24.3 Å². The first kappa shape index (κ1) is 18.6. The van der Waals surface area contributed by atoms with E-state index in [1.807, 2.05) is 0 Å². The van der Waals surface area contributed by atoms with Gasteiger partial charge in [-0.1, -0.05) is 12.1 Å². The van der Waals surface area contributed by atoms with Gasteiger partial charge in [-0.2, -0.15) is 13.2 Å². The molecule has 1 aliphatic rings. The van der Waals surface area contributed by atoms with Crippen molar-refractivity contribution in [3.05, 3.63) is 29.8 Å². The summed E-state index contributed by atoms with van der Waals surface area (Å²) in [5, 5.41) is 5.71. The Morgan fingerprint density at radius 2 is 2.05 bits per heavy atom. The van der Waals surface area contributed by atoms with E-state index in [2.05, 4.69) is 10.6 Å². The molecule has 1 aromatic rings. The van der Waals surface area contributed by atoms with Gasteiger partial charge < -0.3 is 15.4 Å². The van der Waals surface area contributed by atoms with Crippen molar-refractivity contribution in [2.24, 2.45) is 5.92 Å². The van der Waals surface area contributed by atoms with Gasteiger partial charge in [-0.25, -0.2) is 0 Å². The lowest BCUT2D eigenvalue weighted by Gasteiger charge is -2.27. The molecule has 1 heterocycles. The third kappa shape index (κ3) is 4.78. The van der Waals surface area contributed by atoms with Gasteiger partial charge in [-0.15, -0.1) is 12.4 Å². The largest absolute Gasteiger partial charge is 0.491 e. The lowest BCUT2D eigenvalue weighted by Crippen LogP contribution is -2.53. The van der Waals surface area contributed by atoms with Crippen LogP contribution in [0.2, 0.25) is 0 Å². The van der Waals surface area contributed by atoms with Gasteiger partial charge >= 0.3 is 6.18 Å². The minimum atomic E-state index is -4.46. The van der Waals surface area contributed by atoms with Gasteiger partial charge in [-0.3, -0.25) is 4.79 Å². The summed E-state index contributed by atoms with van der Waals surface area (Å²) in [4.78, 5) is 11.7. The summed E-state index contributed by atoms with van der Waals surface area (Å²) in [5.41, 5.74) is -0.813. The number of ether oxygens (including phenoxy) is 1. The molecule has 2 rings (SSSR count). The Bertz CT molecular complexity index is 507. The van der Waals surface area contributed by atoms with Crippen LogP contribution in [0.4, 0.5) is 13.2 Å². The number of carbonyl (C=O) groups is 1. The van der Waals surface area contributed by atoms with Crippen LogP contribution in [0.3, 0.4) is 0 Å². The van der Waals surface area contributed by atoms with E-state index >= 15 is 0 Å². The zero-order chi connectivity index (χ0) is 15.5. The Hall–Kier alpha value is -1.47. The van der Waals surface area contributed by atoms with Crippen molar-refractivity contribution in [1.82, 2.24) is 10.6 Å². The maximum atomic E-state index is 12.8. The number of rotatable bonds is 5. The van der Waals surface area contributed by atoms with Crippen molar-refractivity contribution >= 4 is 18.3 Å². The maximum absolute atomic E-state index is 12.8. The summed E-state index contributed by atoms with van der Waals surface area (Å²) in [6.07, 6.45) is -4.46. The normalized spacial score (nSPS) is 16.2. The number of halogens is 4. The van der Waals surface area contributed by atoms with Crippen molar-refractivity contribution in [2.45, 2.75) is 19.1 Å². The molecule has 0 spiro atoms. The lowest BCUT2D eigenvalue weighted by molar-refractivity contribution is -0.139. The molecule has 1 amide bonds. The number of benzene rings is 1. The average Bonchev–Trinajstić information content (AvgIpc) is 2.33. The van der Waals surface area contributed by atoms with E-state index in [1.54, 1.807) is 6.92 Å². The van der Waals surface area contributed by atoms with Crippen LogP contribution in [0.25, 0.3) is 0 Å². The maximum Gasteiger partial charge on any atom is 0.419 e. The molecule has 124 valence electrons. The SMILES string of the molecule is CC(COc1ccccc1C(F)(F)F)NC(=O)C1CNC1.Cl. The molecule has 1 fully saturated rings. The predicted octanol–water partition coefficient (Wildman–Crippen LogP) is 2.23. The molecule has 8 heteroatoms. The minimum Gasteiger partial charge on any atom is -0.491 e. The lowest BCUT2D eigenvalue weighted by atomic mass is 10.0. The third-order valence-electron chi connectivity index (χ3n) is 3.22. The summed E-state index contributed by atoms with van der Waals surface area (Å²) in [6.45, 7) is 2.95. The number of hydrogen-bond donors (Lipinski definition) is 2. The first-order chi connectivity index (χ1) is 9.88. The Labute approximate surface area is 132 Å². The van der Waals surface area contributed by atoms with Crippen LogP contribution in [0, 0.1) is 5.92 Å². The second-order valence-electron chi connectivity index (χ2n) is 5.07. The standard InChI is InChI=1S/C14H17F3N2O2.ClH/c1-9(19-13(20)10-6-18-7-10)8-21-12-5-3-2-4-11(12)14(15,16)17;/h2-5,9-10,18H,6-8H2,1H3,(H,19,20);1H. The quantitative estimate of drug-likeness (QED) is 0.865. The number of alkyl halides is 3. The second-order valence-corrected chi connectivity index (χ2v) is 5.07. The highest BCUT2D eigenvalue weighted by Gasteiger charge is 2.34. The molecule has 4 nitrogen and oxygen atoms in total. The fourth-order valence-corrected chi connectivity index (χ4v) is 1.92. The Balaban J connectivity index is 0.00000242. The Morgan fingerprint density at radius 3 is 2.59 bits per heavy atom. The Kier molecular flexibility index (Phi) is 6.49. The number of carbonyl (C=O) groups excluding carboxylic acids is 1. The van der Waals surface area contributed by atoms with Crippen molar-refractivity contribution in [1.29, 1.82) is 0 Å². The molecule has 0 aromatic heterocycles. The third-order valence-corrected chi connectivity index (χ3v) is 3.22. The summed E-state index contributed by atoms with van der Waals surface area (Å²) < 4.78 is 43.6. The number of nitrogens with one attached hydrogen (secondary N) is 2. The van der Waals surface area contributed by atoms with E-state index in [4.69, 9.17) is 4.74 Å². The molecule has 1 aromatic carbocycles. The molecule has 1 aliphatic heterocycles. The van der Waals surface area contributed by atoms with E-state index in [9.17, 15) is 18.0 Å². The van der Waals surface area contributed by atoms with Crippen LogP contribution >= 0.6 is 12.4 Å². The van der Waals surface area contributed by atoms with Crippen molar-refractivity contribution in [2.75, 3.05) is 19.7 Å². The van der Waals surface area contributed by atoms with Crippen molar-refractivity contribution in [3.63, 3.8) is 0 Å². The number of para-hydroxylation sites is 1. The fraction of sp³-hybridized carbons (Fsp3) is 0.500. The zero-order valence-corrected chi connectivity index (χ0v) is 12.8. The number of amides is 1. The molecule has 1 saturated heterocycles. The van der Waals surface area contributed by atoms with Crippen molar-refractivity contribution in [3.8, 4) is 5.75 Å². The highest BCUT2D eigenvalue weighted by atomic mass is 35.5. The zero-order valence-electron chi connectivity index (χ0n) is 11.9. The van der Waals surface area contributed by atoms with Crippen LogP contribution in [0.1, 0.15) is 12.5 Å². The molecule has 1 unspecified atom stereocenters. The Morgan fingerprint density at radius 1 is 1.41 bits per heavy atom. The molecule has 0 saturated carbocycles. The molecular formula is C14H18ClF3N2O2. The van der Waals surface area contributed by atoms with E-state index < -0.39 is 11.7 Å². The molecule has 0 bridgehead atoms. The summed E-state index contributed by atoms with van der Waals surface area (Å²) >= 11 is 0. The predicted molar refractivity (Wildman–Crippen MR) is 78.2 cm³/mol. The molecule has 22 heavy (non-hydrogen) atoms. The van der Waals surface area contributed by atoms with Gasteiger partial charge in [0.05, 0.1) is 17.5 Å². The van der Waals surface area contributed by atoms with Gasteiger partial charge in [0.2, 0.25) is 5.91 Å². The van der Waals surface area contributed by atoms with Gasteiger partial charge in [0.25, 0.3) is 0 Å². The summed E-state index contributed by atoms with van der Waals surface area (Å²) in [6, 6.07) is 4.67. The number of hydrogen-bond acceptors (Lipinski definition) is 3. The first-order valence-electron chi connectivity index (χ1n) is 6.68. The minimum absolute atomic E-state index is 0. The van der Waals surface area contributed by atoms with Crippen LogP contribution < -0.4 is 15.4 Å². The van der Waals surface area contributed by atoms with Crippen LogP contribution in [0.5, 0.6) is 5.75 Å². The van der Waals surface area contributed by atoms with Gasteiger partial charge in [0.15, 0.2) is 0 Å². The van der Waals surface area contributed by atoms with Crippen molar-refractivity contribution < 1.29 is 22.7 Å². The molecule has 1 atom stereocenters. The molecule has 0 radical (unpaired) electrons. The highest BCUT2D eigenvalue weighted by Crippen LogP contribution is 2.35. The van der Waals surface area contributed by atoms with Gasteiger partial charge in [0.1, 0.15) is 12.4 Å². The smallest absolute Gasteiger partial charge is 0.419 e. The van der Waals surface area contributed by atoms with Gasteiger partial charge in [-0.05, 0) is 19.1 Å². The molecule has 0 aliphatic carbocycles. The summed E-state index contributed by atoms with van der Waals surface area (Å²) in [5.74, 6) is -0.389. The average molecular weight is 339 g/mol. The fourth-order valence-electron chi connectivity index (χ4n) is 1.92. The van der Waals surface area contributed by atoms with E-state index in [0.717, 1.165) is 6.07 Å². The second kappa shape index (κ2) is 7.69. The molecular weight excluding hydrogens is 321 g/mol.